The van der Waals surface area contributed by atoms with Gasteiger partial charge in [-0.25, -0.2) is 13.4 Å². The van der Waals surface area contributed by atoms with Crippen molar-refractivity contribution >= 4 is 43.8 Å². The lowest BCUT2D eigenvalue weighted by Crippen LogP contribution is -2.12. The van der Waals surface area contributed by atoms with Crippen LogP contribution in [-0.4, -0.2) is 18.3 Å². The van der Waals surface area contributed by atoms with E-state index in [1.54, 1.807) is 17.5 Å². The van der Waals surface area contributed by atoms with Gasteiger partial charge in [0.2, 0.25) is 0 Å². The zero-order valence-corrected chi connectivity index (χ0v) is 12.6. The number of nitro benzene ring substituents is 1. The molecule has 112 valence electrons. The minimum atomic E-state index is -3.66. The van der Waals surface area contributed by atoms with Gasteiger partial charge in [0.15, 0.2) is 0 Å². The second-order valence-corrected chi connectivity index (χ2v) is 7.23. The number of nitrogens with zero attached hydrogens (tertiary/aromatic N) is 2. The van der Waals surface area contributed by atoms with E-state index in [9.17, 15) is 18.5 Å². The molecule has 0 saturated heterocycles. The molecule has 0 saturated carbocycles. The van der Waals surface area contributed by atoms with Crippen molar-refractivity contribution in [3.63, 3.8) is 0 Å². The van der Waals surface area contributed by atoms with E-state index in [4.69, 9.17) is 0 Å². The van der Waals surface area contributed by atoms with Gasteiger partial charge in [-0.1, -0.05) is 6.07 Å². The van der Waals surface area contributed by atoms with Crippen LogP contribution < -0.4 is 4.72 Å². The molecular weight excluding hydrogens is 326 g/mol. The number of nitro groups is 1. The molecule has 3 aromatic rings. The quantitative estimate of drug-likeness (QED) is 0.583. The molecule has 0 atom stereocenters. The molecule has 0 aliphatic heterocycles. The van der Waals surface area contributed by atoms with Gasteiger partial charge in [0.25, 0.3) is 15.7 Å². The van der Waals surface area contributed by atoms with Gasteiger partial charge in [-0.3, -0.25) is 14.8 Å². The average Bonchev–Trinajstić information content (AvgIpc) is 3.01. The van der Waals surface area contributed by atoms with Crippen LogP contribution in [0.5, 0.6) is 0 Å². The summed E-state index contributed by atoms with van der Waals surface area (Å²) < 4.78 is 26.8. The van der Waals surface area contributed by atoms with Crippen molar-refractivity contribution in [2.24, 2.45) is 0 Å². The van der Waals surface area contributed by atoms with Gasteiger partial charge in [0.05, 0.1) is 10.4 Å². The first-order chi connectivity index (χ1) is 10.5. The highest BCUT2D eigenvalue weighted by Gasteiger charge is 2.16. The van der Waals surface area contributed by atoms with Gasteiger partial charge in [0, 0.05) is 17.5 Å². The highest BCUT2D eigenvalue weighted by atomic mass is 32.2. The molecule has 2 aromatic heterocycles. The van der Waals surface area contributed by atoms with Crippen molar-refractivity contribution in [1.82, 2.24) is 4.98 Å². The Kier molecular flexibility index (Phi) is 3.51. The predicted molar refractivity (Wildman–Crippen MR) is 83.5 cm³/mol. The molecule has 0 spiro atoms. The van der Waals surface area contributed by atoms with Crippen molar-refractivity contribution in [3.8, 4) is 0 Å². The standard InChI is InChI=1S/C13H9N3O4S2/c17-16(18)10-4-5-11-9(8-10)3-6-12(14-11)15-22(19,20)13-2-1-7-21-13/h1-8H,(H,14,15). The monoisotopic (exact) mass is 335 g/mol. The van der Waals surface area contributed by atoms with E-state index in [0.29, 0.717) is 10.9 Å². The van der Waals surface area contributed by atoms with E-state index in [0.717, 1.165) is 11.3 Å². The second-order valence-electron chi connectivity index (χ2n) is 4.37. The highest BCUT2D eigenvalue weighted by Crippen LogP contribution is 2.23. The molecule has 0 amide bonds. The van der Waals surface area contributed by atoms with E-state index >= 15 is 0 Å². The fourth-order valence-corrected chi connectivity index (χ4v) is 3.88. The Bertz CT molecular complexity index is 953. The van der Waals surface area contributed by atoms with Gasteiger partial charge in [-0.15, -0.1) is 11.3 Å². The Morgan fingerprint density at radius 1 is 1.18 bits per heavy atom. The minimum absolute atomic E-state index is 0.0405. The first kappa shape index (κ1) is 14.4. The second kappa shape index (κ2) is 5.35. The molecule has 3 rings (SSSR count). The maximum Gasteiger partial charge on any atom is 0.272 e. The molecule has 2 heterocycles. The lowest BCUT2D eigenvalue weighted by atomic mass is 10.2. The van der Waals surface area contributed by atoms with Crippen molar-refractivity contribution in [1.29, 1.82) is 0 Å². The summed E-state index contributed by atoms with van der Waals surface area (Å²) >= 11 is 1.10. The van der Waals surface area contributed by atoms with E-state index in [-0.39, 0.29) is 15.7 Å². The molecule has 9 heteroatoms. The number of hydrogen-bond acceptors (Lipinski definition) is 6. The van der Waals surface area contributed by atoms with E-state index in [1.165, 1.54) is 30.3 Å². The smallest absolute Gasteiger partial charge is 0.263 e. The number of thiophene rings is 1. The van der Waals surface area contributed by atoms with E-state index in [2.05, 4.69) is 9.71 Å². The molecule has 22 heavy (non-hydrogen) atoms. The topological polar surface area (TPSA) is 102 Å². The zero-order chi connectivity index (χ0) is 15.7. The summed E-state index contributed by atoms with van der Waals surface area (Å²) in [6, 6.07) is 10.4. The molecular formula is C13H9N3O4S2. The van der Waals surface area contributed by atoms with Crippen LogP contribution in [0.4, 0.5) is 11.5 Å². The van der Waals surface area contributed by atoms with Crippen LogP contribution in [0, 0.1) is 10.1 Å². The predicted octanol–water partition coefficient (Wildman–Crippen LogP) is 3.01. The van der Waals surface area contributed by atoms with Gasteiger partial charge in [0.1, 0.15) is 10.0 Å². The lowest BCUT2D eigenvalue weighted by molar-refractivity contribution is -0.384. The average molecular weight is 335 g/mol. The van der Waals surface area contributed by atoms with Gasteiger partial charge < -0.3 is 0 Å². The minimum Gasteiger partial charge on any atom is -0.263 e. The van der Waals surface area contributed by atoms with Crippen LogP contribution in [0.15, 0.2) is 52.1 Å². The SMILES string of the molecule is O=[N+]([O-])c1ccc2nc(NS(=O)(=O)c3cccs3)ccc2c1. The molecule has 0 aliphatic carbocycles. The van der Waals surface area contributed by atoms with Crippen molar-refractivity contribution in [2.45, 2.75) is 4.21 Å². The Balaban J connectivity index is 1.96. The third-order valence-corrected chi connectivity index (χ3v) is 5.63. The molecule has 1 aromatic carbocycles. The number of benzene rings is 1. The molecule has 0 unspecified atom stereocenters. The third-order valence-electron chi connectivity index (χ3n) is 2.88. The summed E-state index contributed by atoms with van der Waals surface area (Å²) in [5, 5.41) is 13.0. The molecule has 0 fully saturated rings. The number of rotatable bonds is 4. The van der Waals surface area contributed by atoms with Crippen molar-refractivity contribution < 1.29 is 13.3 Å². The van der Waals surface area contributed by atoms with Crippen LogP contribution in [0.1, 0.15) is 0 Å². The van der Waals surface area contributed by atoms with Crippen LogP contribution >= 0.6 is 11.3 Å². The van der Waals surface area contributed by atoms with Crippen LogP contribution in [0.2, 0.25) is 0 Å². The highest BCUT2D eigenvalue weighted by molar-refractivity contribution is 7.94. The largest absolute Gasteiger partial charge is 0.272 e. The summed E-state index contributed by atoms with van der Waals surface area (Å²) in [6.07, 6.45) is 0. The number of sulfonamides is 1. The molecule has 0 aliphatic rings. The normalized spacial score (nSPS) is 11.5. The Morgan fingerprint density at radius 2 is 2.00 bits per heavy atom. The van der Waals surface area contributed by atoms with Crippen LogP contribution in [0.3, 0.4) is 0 Å². The Hall–Kier alpha value is -2.52. The van der Waals surface area contributed by atoms with Gasteiger partial charge in [-0.05, 0) is 29.6 Å². The molecule has 0 bridgehead atoms. The molecule has 1 N–H and O–H groups in total. The summed E-state index contributed by atoms with van der Waals surface area (Å²) in [4.78, 5) is 14.4. The number of non-ortho nitro benzene ring substituents is 1. The van der Waals surface area contributed by atoms with Crippen molar-refractivity contribution in [3.05, 3.63) is 58.0 Å². The maximum atomic E-state index is 12.1. The van der Waals surface area contributed by atoms with E-state index < -0.39 is 14.9 Å². The van der Waals surface area contributed by atoms with Gasteiger partial charge >= 0.3 is 0 Å². The third kappa shape index (κ3) is 2.76. The van der Waals surface area contributed by atoms with Crippen LogP contribution in [-0.2, 0) is 10.0 Å². The molecule has 0 radical (unpaired) electrons. The van der Waals surface area contributed by atoms with Crippen molar-refractivity contribution in [2.75, 3.05) is 4.72 Å². The number of aromatic nitrogens is 1. The number of hydrogen-bond donors (Lipinski definition) is 1. The summed E-state index contributed by atoms with van der Waals surface area (Å²) in [5.41, 5.74) is 0.429. The van der Waals surface area contributed by atoms with Crippen LogP contribution in [0.25, 0.3) is 10.9 Å². The first-order valence-electron chi connectivity index (χ1n) is 6.07. The zero-order valence-electron chi connectivity index (χ0n) is 11.0. The maximum absolute atomic E-state index is 12.1. The molecule has 7 nitrogen and oxygen atoms in total. The Morgan fingerprint density at radius 3 is 2.68 bits per heavy atom. The number of anilines is 1. The lowest BCUT2D eigenvalue weighted by Gasteiger charge is -2.06. The number of nitrogens with one attached hydrogen (secondary N) is 1. The Labute approximate surface area is 129 Å². The summed E-state index contributed by atoms with van der Waals surface area (Å²) in [6.45, 7) is 0. The summed E-state index contributed by atoms with van der Waals surface area (Å²) in [5.74, 6) is 0.162. The first-order valence-corrected chi connectivity index (χ1v) is 8.43. The number of fused-ring (bicyclic) bond motifs is 1. The van der Waals surface area contributed by atoms with E-state index in [1.807, 2.05) is 0 Å². The fourth-order valence-electron chi connectivity index (χ4n) is 1.89. The van der Waals surface area contributed by atoms with Gasteiger partial charge in [-0.2, -0.15) is 0 Å². The summed E-state index contributed by atoms with van der Waals surface area (Å²) in [7, 11) is -3.66. The fraction of sp³-hybridized carbons (Fsp3) is 0. The number of pyridine rings is 1.